The lowest BCUT2D eigenvalue weighted by Crippen LogP contribution is -1.99. The van der Waals surface area contributed by atoms with Crippen LogP contribution in [0.3, 0.4) is 0 Å². The van der Waals surface area contributed by atoms with Gasteiger partial charge in [-0.25, -0.2) is 4.52 Å². The third kappa shape index (κ3) is 3.33. The number of aryl methyl sites for hydroxylation is 3. The number of non-ortho nitro benzene ring substituents is 1. The second-order valence-electron chi connectivity index (χ2n) is 8.13. The number of nitro groups is 1. The van der Waals surface area contributed by atoms with Gasteiger partial charge in [-0.15, -0.1) is 0 Å². The van der Waals surface area contributed by atoms with E-state index in [1.165, 1.54) is 6.07 Å². The summed E-state index contributed by atoms with van der Waals surface area (Å²) in [5.74, 6) is 0.849. The van der Waals surface area contributed by atoms with Crippen molar-refractivity contribution < 1.29 is 9.66 Å². The highest BCUT2D eigenvalue weighted by molar-refractivity contribution is 6.03. The maximum absolute atomic E-state index is 11.2. The van der Waals surface area contributed by atoms with Crippen LogP contribution in [0.25, 0.3) is 33.1 Å². The molecule has 7 heteroatoms. The quantitative estimate of drug-likeness (QED) is 0.242. The van der Waals surface area contributed by atoms with Crippen molar-refractivity contribution in [2.45, 2.75) is 27.7 Å². The highest BCUT2D eigenvalue weighted by atomic mass is 16.6. The largest absolute Gasteiger partial charge is 0.494 e. The molecule has 0 bridgehead atoms. The fraction of sp³-hybridized carbons (Fsp3) is 0.192. The van der Waals surface area contributed by atoms with Gasteiger partial charge in [-0.3, -0.25) is 10.1 Å². The number of rotatable bonds is 5. The van der Waals surface area contributed by atoms with E-state index in [0.29, 0.717) is 6.61 Å². The van der Waals surface area contributed by atoms with Gasteiger partial charge in [0.25, 0.3) is 5.69 Å². The fourth-order valence-corrected chi connectivity index (χ4v) is 4.73. The van der Waals surface area contributed by atoms with Gasteiger partial charge in [-0.1, -0.05) is 12.1 Å². The molecule has 0 fully saturated rings. The van der Waals surface area contributed by atoms with Crippen LogP contribution in [0.4, 0.5) is 5.69 Å². The van der Waals surface area contributed by atoms with Gasteiger partial charge in [-0.05, 0) is 63.6 Å². The molecule has 7 nitrogen and oxygen atoms in total. The maximum atomic E-state index is 11.2. The van der Waals surface area contributed by atoms with E-state index in [1.807, 2.05) is 42.8 Å². The van der Waals surface area contributed by atoms with Crippen molar-refractivity contribution in [3.8, 4) is 22.6 Å². The first-order valence-electron chi connectivity index (χ1n) is 10.9. The molecule has 0 amide bonds. The van der Waals surface area contributed by atoms with Crippen LogP contribution in [0, 0.1) is 30.9 Å². The van der Waals surface area contributed by atoms with Crippen molar-refractivity contribution in [3.63, 3.8) is 0 Å². The summed E-state index contributed by atoms with van der Waals surface area (Å²) in [7, 11) is 0. The van der Waals surface area contributed by atoms with Gasteiger partial charge in [0.1, 0.15) is 5.75 Å². The first-order valence-corrected chi connectivity index (χ1v) is 10.9. The molecular formula is C26H24N4O3. The fourth-order valence-electron chi connectivity index (χ4n) is 4.73. The lowest BCUT2D eigenvalue weighted by molar-refractivity contribution is -0.384. The predicted octanol–water partition coefficient (Wildman–Crippen LogP) is 6.18. The SMILES string of the molecule is CCOc1ccc(-n2c(C)c3c(C)nn4cc(-c5cccc([N+](=O)[O-])c5)cc4c3c2C)cc1. The molecule has 3 heterocycles. The molecule has 0 unspecified atom stereocenters. The first-order chi connectivity index (χ1) is 15.9. The highest BCUT2D eigenvalue weighted by Gasteiger charge is 2.20. The summed E-state index contributed by atoms with van der Waals surface area (Å²) < 4.78 is 9.72. The molecule has 0 N–H and O–H groups in total. The summed E-state index contributed by atoms with van der Waals surface area (Å²) in [6.07, 6.45) is 1.93. The average Bonchev–Trinajstić information content (AvgIpc) is 3.33. The molecule has 0 spiro atoms. The topological polar surface area (TPSA) is 74.6 Å². The minimum atomic E-state index is -0.371. The van der Waals surface area contributed by atoms with E-state index in [4.69, 9.17) is 9.84 Å². The smallest absolute Gasteiger partial charge is 0.270 e. The Labute approximate surface area is 191 Å². The second kappa shape index (κ2) is 7.78. The minimum Gasteiger partial charge on any atom is -0.494 e. The van der Waals surface area contributed by atoms with Gasteiger partial charge in [0, 0.05) is 51.7 Å². The molecule has 166 valence electrons. The average molecular weight is 441 g/mol. The van der Waals surface area contributed by atoms with Gasteiger partial charge >= 0.3 is 0 Å². The summed E-state index contributed by atoms with van der Waals surface area (Å²) in [5.41, 5.74) is 6.97. The van der Waals surface area contributed by atoms with Gasteiger partial charge < -0.3 is 9.30 Å². The number of nitrogens with zero attached hydrogens (tertiary/aromatic N) is 4. The van der Waals surface area contributed by atoms with Gasteiger partial charge in [0.15, 0.2) is 0 Å². The Kier molecular flexibility index (Phi) is 4.89. The van der Waals surface area contributed by atoms with E-state index in [1.54, 1.807) is 12.1 Å². The van der Waals surface area contributed by atoms with Gasteiger partial charge in [0.2, 0.25) is 0 Å². The molecular weight excluding hydrogens is 416 g/mol. The number of ether oxygens (including phenoxy) is 1. The predicted molar refractivity (Wildman–Crippen MR) is 129 cm³/mol. The first kappa shape index (κ1) is 20.8. The van der Waals surface area contributed by atoms with Crippen LogP contribution in [0.5, 0.6) is 5.75 Å². The van der Waals surface area contributed by atoms with E-state index in [9.17, 15) is 10.1 Å². The molecule has 0 saturated carbocycles. The minimum absolute atomic E-state index is 0.0747. The number of fused-ring (bicyclic) bond motifs is 3. The number of hydrogen-bond donors (Lipinski definition) is 0. The summed E-state index contributed by atoms with van der Waals surface area (Å²) in [6, 6.07) is 16.9. The zero-order valence-corrected chi connectivity index (χ0v) is 19.0. The van der Waals surface area contributed by atoms with E-state index in [0.717, 1.165) is 55.9 Å². The lowest BCUT2D eigenvalue weighted by atomic mass is 10.1. The third-order valence-electron chi connectivity index (χ3n) is 6.12. The molecule has 0 saturated heterocycles. The monoisotopic (exact) mass is 440 g/mol. The Balaban J connectivity index is 1.72. The summed E-state index contributed by atoms with van der Waals surface area (Å²) in [5, 5.41) is 18.3. The Morgan fingerprint density at radius 3 is 2.39 bits per heavy atom. The van der Waals surface area contributed by atoms with Crippen LogP contribution in [-0.4, -0.2) is 25.7 Å². The number of benzene rings is 2. The van der Waals surface area contributed by atoms with E-state index < -0.39 is 0 Å². The van der Waals surface area contributed by atoms with Crippen molar-refractivity contribution in [2.24, 2.45) is 0 Å². The molecule has 0 radical (unpaired) electrons. The van der Waals surface area contributed by atoms with E-state index >= 15 is 0 Å². The summed E-state index contributed by atoms with van der Waals surface area (Å²) >= 11 is 0. The zero-order chi connectivity index (χ0) is 23.3. The number of aromatic nitrogens is 3. The van der Waals surface area contributed by atoms with Crippen LogP contribution in [-0.2, 0) is 0 Å². The van der Waals surface area contributed by atoms with E-state index in [2.05, 4.69) is 36.6 Å². The van der Waals surface area contributed by atoms with Gasteiger partial charge in [-0.2, -0.15) is 5.10 Å². The van der Waals surface area contributed by atoms with Crippen molar-refractivity contribution in [2.75, 3.05) is 6.61 Å². The zero-order valence-electron chi connectivity index (χ0n) is 19.0. The number of nitro benzene ring substituents is 1. The molecule has 0 aliphatic rings. The van der Waals surface area contributed by atoms with Crippen molar-refractivity contribution in [1.82, 2.24) is 14.2 Å². The Bertz CT molecular complexity index is 1530. The van der Waals surface area contributed by atoms with E-state index in [-0.39, 0.29) is 10.6 Å². The second-order valence-corrected chi connectivity index (χ2v) is 8.13. The van der Waals surface area contributed by atoms with Crippen molar-refractivity contribution in [1.29, 1.82) is 0 Å². The maximum Gasteiger partial charge on any atom is 0.270 e. The normalized spacial score (nSPS) is 11.4. The molecule has 33 heavy (non-hydrogen) atoms. The van der Waals surface area contributed by atoms with Crippen LogP contribution in [0.1, 0.15) is 24.0 Å². The van der Waals surface area contributed by atoms with Crippen LogP contribution >= 0.6 is 0 Å². The molecule has 5 aromatic rings. The van der Waals surface area contributed by atoms with Crippen LogP contribution in [0.15, 0.2) is 60.8 Å². The van der Waals surface area contributed by atoms with Crippen molar-refractivity contribution >= 4 is 22.0 Å². The Morgan fingerprint density at radius 1 is 0.970 bits per heavy atom. The molecule has 0 aliphatic carbocycles. The summed E-state index contributed by atoms with van der Waals surface area (Å²) in [6.45, 7) is 8.85. The highest BCUT2D eigenvalue weighted by Crippen LogP contribution is 2.36. The third-order valence-corrected chi connectivity index (χ3v) is 6.12. The van der Waals surface area contributed by atoms with Crippen LogP contribution < -0.4 is 4.74 Å². The Hall–Kier alpha value is -4.13. The van der Waals surface area contributed by atoms with Crippen molar-refractivity contribution in [3.05, 3.63) is 88.0 Å². The standard InChI is InChI=1S/C26H24N4O3/c1-5-33-23-11-9-21(10-12-23)29-17(3)25-16(2)27-28-15-20(14-24(28)26(25)18(29)4)19-7-6-8-22(13-19)30(31)32/h6-15H,5H2,1-4H3. The molecule has 5 rings (SSSR count). The number of hydrogen-bond acceptors (Lipinski definition) is 4. The lowest BCUT2D eigenvalue weighted by Gasteiger charge is -2.10. The molecule has 0 aliphatic heterocycles. The van der Waals surface area contributed by atoms with Crippen LogP contribution in [0.2, 0.25) is 0 Å². The Morgan fingerprint density at radius 2 is 1.70 bits per heavy atom. The summed E-state index contributed by atoms with van der Waals surface area (Å²) in [4.78, 5) is 10.9. The van der Waals surface area contributed by atoms with Gasteiger partial charge in [0.05, 0.1) is 22.7 Å². The molecule has 3 aromatic heterocycles. The molecule has 0 atom stereocenters. The molecule has 2 aromatic carbocycles.